The first-order chi connectivity index (χ1) is 14.8. The summed E-state index contributed by atoms with van der Waals surface area (Å²) in [6, 6.07) is 11.6. The van der Waals surface area contributed by atoms with Crippen molar-refractivity contribution in [2.45, 2.75) is 21.9 Å². The van der Waals surface area contributed by atoms with Gasteiger partial charge in [0.1, 0.15) is 4.21 Å². The number of piperazine rings is 1. The molecule has 1 amide bonds. The molecule has 0 saturated carbocycles. The topological polar surface area (TPSA) is 95.1 Å². The van der Waals surface area contributed by atoms with Gasteiger partial charge in [-0.3, -0.25) is 4.79 Å². The smallest absolute Gasteiger partial charge is 0.252 e. The number of hydrogen-bond donors (Lipinski definition) is 0. The summed E-state index contributed by atoms with van der Waals surface area (Å²) in [5.41, 5.74) is 0. The Hall–Kier alpha value is -1.79. The van der Waals surface area contributed by atoms with E-state index in [1.807, 2.05) is 0 Å². The zero-order valence-electron chi connectivity index (χ0n) is 17.0. The van der Waals surface area contributed by atoms with Gasteiger partial charge in [0.25, 0.3) is 10.0 Å². The van der Waals surface area contributed by atoms with Crippen molar-refractivity contribution in [3.8, 4) is 0 Å². The van der Waals surface area contributed by atoms with Crippen molar-refractivity contribution >= 4 is 37.3 Å². The van der Waals surface area contributed by atoms with Crippen molar-refractivity contribution in [2.24, 2.45) is 5.92 Å². The van der Waals surface area contributed by atoms with Crippen molar-refractivity contribution in [3.05, 3.63) is 47.8 Å². The Morgan fingerprint density at radius 3 is 1.97 bits per heavy atom. The lowest BCUT2D eigenvalue weighted by atomic mass is 9.96. The number of benzene rings is 1. The Labute approximate surface area is 187 Å². The van der Waals surface area contributed by atoms with Gasteiger partial charge in [-0.2, -0.15) is 8.61 Å². The second kappa shape index (κ2) is 8.99. The molecule has 0 N–H and O–H groups in total. The summed E-state index contributed by atoms with van der Waals surface area (Å²) in [6.45, 7) is 1.85. The van der Waals surface area contributed by atoms with Crippen molar-refractivity contribution in [1.29, 1.82) is 0 Å². The summed E-state index contributed by atoms with van der Waals surface area (Å²) < 4.78 is 54.0. The monoisotopic (exact) mass is 483 g/mol. The van der Waals surface area contributed by atoms with Gasteiger partial charge in [-0.05, 0) is 36.4 Å². The number of hydrogen-bond acceptors (Lipinski definition) is 6. The Morgan fingerprint density at radius 2 is 1.39 bits per heavy atom. The van der Waals surface area contributed by atoms with Gasteiger partial charge in [0.2, 0.25) is 15.9 Å². The quantitative estimate of drug-likeness (QED) is 0.645. The molecule has 0 unspecified atom stereocenters. The predicted molar refractivity (Wildman–Crippen MR) is 118 cm³/mol. The molecule has 0 radical (unpaired) electrons. The van der Waals surface area contributed by atoms with Crippen LogP contribution in [-0.2, 0) is 24.8 Å². The molecular formula is C20H25N3O5S3. The lowest BCUT2D eigenvalue weighted by Gasteiger charge is -2.37. The van der Waals surface area contributed by atoms with Gasteiger partial charge in [0.05, 0.1) is 4.90 Å². The molecule has 0 bridgehead atoms. The molecule has 3 heterocycles. The van der Waals surface area contributed by atoms with E-state index in [1.54, 1.807) is 52.7 Å². The van der Waals surface area contributed by atoms with Crippen LogP contribution in [-0.4, -0.2) is 75.5 Å². The fourth-order valence-corrected chi connectivity index (χ4v) is 8.09. The molecule has 2 aromatic rings. The number of thiophene rings is 1. The van der Waals surface area contributed by atoms with Gasteiger partial charge in [0, 0.05) is 45.2 Å². The number of carbonyl (C=O) groups is 1. The molecule has 2 fully saturated rings. The third-order valence-corrected chi connectivity index (χ3v) is 11.0. The van der Waals surface area contributed by atoms with Crippen molar-refractivity contribution in [3.63, 3.8) is 0 Å². The van der Waals surface area contributed by atoms with Crippen molar-refractivity contribution < 1.29 is 21.6 Å². The first-order valence-corrected chi connectivity index (χ1v) is 13.9. The zero-order valence-corrected chi connectivity index (χ0v) is 19.4. The van der Waals surface area contributed by atoms with Gasteiger partial charge >= 0.3 is 0 Å². The molecule has 1 aromatic heterocycles. The molecule has 168 valence electrons. The highest BCUT2D eigenvalue weighted by Gasteiger charge is 2.36. The molecular weight excluding hydrogens is 458 g/mol. The Kier molecular flexibility index (Phi) is 6.50. The third kappa shape index (κ3) is 4.56. The molecule has 2 aliphatic rings. The first kappa shape index (κ1) is 22.4. The average Bonchev–Trinajstić information content (AvgIpc) is 3.35. The van der Waals surface area contributed by atoms with Crippen LogP contribution in [0.25, 0.3) is 0 Å². The second-order valence-electron chi connectivity index (χ2n) is 7.65. The predicted octanol–water partition coefficient (Wildman–Crippen LogP) is 1.68. The maximum atomic E-state index is 13.0. The van der Waals surface area contributed by atoms with E-state index in [1.165, 1.54) is 19.9 Å². The highest BCUT2D eigenvalue weighted by molar-refractivity contribution is 7.91. The standard InChI is InChI=1S/C20H25N3O5S3/c24-20(17-8-10-22(11-9-17)31(27,28)19-7-4-16-29-19)21-12-14-23(15-13-21)30(25,26)18-5-2-1-3-6-18/h1-7,16-17H,8-15H2. The highest BCUT2D eigenvalue weighted by Crippen LogP contribution is 2.28. The van der Waals surface area contributed by atoms with E-state index in [2.05, 4.69) is 0 Å². The van der Waals surface area contributed by atoms with E-state index in [-0.39, 0.29) is 29.8 Å². The Bertz CT molecular complexity index is 1100. The maximum Gasteiger partial charge on any atom is 0.252 e. The van der Waals surface area contributed by atoms with Crippen LogP contribution in [0.5, 0.6) is 0 Å². The normalized spacial score (nSPS) is 20.1. The molecule has 1 aromatic carbocycles. The third-order valence-electron chi connectivity index (χ3n) is 5.82. The first-order valence-electron chi connectivity index (χ1n) is 10.2. The molecule has 8 nitrogen and oxygen atoms in total. The molecule has 0 spiro atoms. The molecule has 0 atom stereocenters. The van der Waals surface area contributed by atoms with Crippen LogP contribution in [0.1, 0.15) is 12.8 Å². The summed E-state index contributed by atoms with van der Waals surface area (Å²) in [4.78, 5) is 14.9. The zero-order chi connectivity index (χ0) is 22.1. The molecule has 31 heavy (non-hydrogen) atoms. The summed E-state index contributed by atoms with van der Waals surface area (Å²) in [5, 5.41) is 1.74. The van der Waals surface area contributed by atoms with Gasteiger partial charge in [0.15, 0.2) is 0 Å². The van der Waals surface area contributed by atoms with Crippen LogP contribution in [0.4, 0.5) is 0 Å². The van der Waals surface area contributed by atoms with Crippen LogP contribution >= 0.6 is 11.3 Å². The van der Waals surface area contributed by atoms with E-state index in [0.717, 1.165) is 0 Å². The minimum Gasteiger partial charge on any atom is -0.340 e. The number of sulfonamides is 2. The van der Waals surface area contributed by atoms with Gasteiger partial charge in [-0.25, -0.2) is 16.8 Å². The van der Waals surface area contributed by atoms with Gasteiger partial charge < -0.3 is 4.90 Å². The minimum atomic E-state index is -3.56. The highest BCUT2D eigenvalue weighted by atomic mass is 32.2. The van der Waals surface area contributed by atoms with E-state index in [0.29, 0.717) is 43.2 Å². The van der Waals surface area contributed by atoms with E-state index in [9.17, 15) is 21.6 Å². The molecule has 0 aliphatic carbocycles. The van der Waals surface area contributed by atoms with Crippen LogP contribution in [0, 0.1) is 5.92 Å². The summed E-state index contributed by atoms with van der Waals surface area (Å²) in [7, 11) is -7.05. The lowest BCUT2D eigenvalue weighted by Crippen LogP contribution is -2.53. The fraction of sp³-hybridized carbons (Fsp3) is 0.450. The van der Waals surface area contributed by atoms with Crippen LogP contribution < -0.4 is 0 Å². The molecule has 11 heteroatoms. The molecule has 2 saturated heterocycles. The van der Waals surface area contributed by atoms with E-state index < -0.39 is 20.0 Å². The van der Waals surface area contributed by atoms with E-state index >= 15 is 0 Å². The fourth-order valence-electron chi connectivity index (χ4n) is 4.03. The van der Waals surface area contributed by atoms with E-state index in [4.69, 9.17) is 0 Å². The summed E-state index contributed by atoms with van der Waals surface area (Å²) in [5.74, 6) is -0.239. The number of amides is 1. The number of carbonyl (C=O) groups excluding carboxylic acids is 1. The largest absolute Gasteiger partial charge is 0.340 e. The summed E-state index contributed by atoms with van der Waals surface area (Å²) in [6.07, 6.45) is 0.956. The number of nitrogens with zero attached hydrogens (tertiary/aromatic N) is 3. The van der Waals surface area contributed by atoms with Gasteiger partial charge in [-0.1, -0.05) is 24.3 Å². The molecule has 2 aliphatic heterocycles. The number of piperidine rings is 1. The Balaban J connectivity index is 1.32. The minimum absolute atomic E-state index is 0.00932. The SMILES string of the molecule is O=C(C1CCN(S(=O)(=O)c2cccs2)CC1)N1CCN(S(=O)(=O)c2ccccc2)CC1. The van der Waals surface area contributed by atoms with Crippen molar-refractivity contribution in [2.75, 3.05) is 39.3 Å². The molecule has 4 rings (SSSR count). The summed E-state index contributed by atoms with van der Waals surface area (Å²) >= 11 is 1.20. The van der Waals surface area contributed by atoms with Crippen LogP contribution in [0.3, 0.4) is 0 Å². The van der Waals surface area contributed by atoms with Crippen LogP contribution in [0.2, 0.25) is 0 Å². The van der Waals surface area contributed by atoms with Crippen LogP contribution in [0.15, 0.2) is 56.9 Å². The van der Waals surface area contributed by atoms with Gasteiger partial charge in [-0.15, -0.1) is 11.3 Å². The lowest BCUT2D eigenvalue weighted by molar-refractivity contribution is -0.137. The Morgan fingerprint density at radius 1 is 0.774 bits per heavy atom. The second-order valence-corrected chi connectivity index (χ2v) is 12.7. The maximum absolute atomic E-state index is 13.0. The van der Waals surface area contributed by atoms with Crippen molar-refractivity contribution in [1.82, 2.24) is 13.5 Å². The number of rotatable bonds is 5. The average molecular weight is 484 g/mol.